The molecule has 0 spiro atoms. The summed E-state index contributed by atoms with van der Waals surface area (Å²) in [5.74, 6) is -0.584. The SMILES string of the molecule is CN(CCCc1ccccc1)C(=O)c1ccc(NS(=O)(=O)c2cccs2)cc1O. The maximum atomic E-state index is 12.6. The number of hydrogen-bond donors (Lipinski definition) is 2. The van der Waals surface area contributed by atoms with E-state index < -0.39 is 10.0 Å². The molecule has 1 amide bonds. The van der Waals surface area contributed by atoms with Crippen LogP contribution in [-0.2, 0) is 16.4 Å². The van der Waals surface area contributed by atoms with Crippen molar-refractivity contribution in [2.45, 2.75) is 17.1 Å². The van der Waals surface area contributed by atoms with Crippen molar-refractivity contribution in [2.75, 3.05) is 18.3 Å². The van der Waals surface area contributed by atoms with Crippen molar-refractivity contribution in [3.05, 3.63) is 77.2 Å². The fourth-order valence-corrected chi connectivity index (χ4v) is 4.91. The zero-order valence-electron chi connectivity index (χ0n) is 15.9. The number of carbonyl (C=O) groups is 1. The Hall–Kier alpha value is -2.84. The monoisotopic (exact) mass is 430 g/mol. The lowest BCUT2D eigenvalue weighted by atomic mass is 10.1. The summed E-state index contributed by atoms with van der Waals surface area (Å²) in [4.78, 5) is 14.2. The smallest absolute Gasteiger partial charge is 0.271 e. The normalized spacial score (nSPS) is 11.2. The van der Waals surface area contributed by atoms with Crippen LogP contribution in [0, 0.1) is 0 Å². The first-order chi connectivity index (χ1) is 13.9. The van der Waals surface area contributed by atoms with Crippen LogP contribution >= 0.6 is 11.3 Å². The third-order valence-electron chi connectivity index (χ3n) is 4.39. The molecule has 0 saturated heterocycles. The summed E-state index contributed by atoms with van der Waals surface area (Å²) in [6.45, 7) is 0.542. The molecule has 2 N–H and O–H groups in total. The number of nitrogens with one attached hydrogen (secondary N) is 1. The number of phenols is 1. The van der Waals surface area contributed by atoms with Crippen LogP contribution in [0.15, 0.2) is 70.3 Å². The van der Waals surface area contributed by atoms with Gasteiger partial charge in [0.2, 0.25) is 0 Å². The van der Waals surface area contributed by atoms with E-state index >= 15 is 0 Å². The van der Waals surface area contributed by atoms with Gasteiger partial charge in [-0.3, -0.25) is 9.52 Å². The Labute approximate surface area is 174 Å². The number of thiophene rings is 1. The van der Waals surface area contributed by atoms with Gasteiger partial charge in [0.05, 0.1) is 11.3 Å². The molecule has 0 atom stereocenters. The minimum Gasteiger partial charge on any atom is -0.507 e. The van der Waals surface area contributed by atoms with Gasteiger partial charge in [-0.05, 0) is 42.0 Å². The van der Waals surface area contributed by atoms with Crippen molar-refractivity contribution in [2.24, 2.45) is 0 Å². The Morgan fingerprint density at radius 3 is 2.52 bits per heavy atom. The number of benzene rings is 2. The highest BCUT2D eigenvalue weighted by atomic mass is 32.2. The fraction of sp³-hybridized carbons (Fsp3) is 0.190. The average Bonchev–Trinajstić information content (AvgIpc) is 3.24. The quantitative estimate of drug-likeness (QED) is 0.566. The molecule has 0 aliphatic rings. The first-order valence-electron chi connectivity index (χ1n) is 9.05. The summed E-state index contributed by atoms with van der Waals surface area (Å²) < 4.78 is 27.1. The molecule has 2 aromatic carbocycles. The van der Waals surface area contributed by atoms with Gasteiger partial charge in [0, 0.05) is 19.7 Å². The van der Waals surface area contributed by atoms with Crippen LogP contribution in [0.25, 0.3) is 0 Å². The summed E-state index contributed by atoms with van der Waals surface area (Å²) >= 11 is 1.10. The molecule has 0 aliphatic carbocycles. The lowest BCUT2D eigenvalue weighted by Crippen LogP contribution is -2.28. The number of hydrogen-bond acceptors (Lipinski definition) is 5. The number of rotatable bonds is 8. The van der Waals surface area contributed by atoms with Crippen LogP contribution in [0.4, 0.5) is 5.69 Å². The minimum absolute atomic E-state index is 0.131. The van der Waals surface area contributed by atoms with Gasteiger partial charge in [-0.15, -0.1) is 11.3 Å². The van der Waals surface area contributed by atoms with Crippen LogP contribution in [-0.4, -0.2) is 37.9 Å². The Balaban J connectivity index is 1.62. The Bertz CT molecular complexity index is 1070. The number of aryl methyl sites for hydroxylation is 1. The molecule has 0 fully saturated rings. The molecule has 0 bridgehead atoms. The molecule has 0 aliphatic heterocycles. The molecule has 0 unspecified atom stereocenters. The Kier molecular flexibility index (Phi) is 6.56. The van der Waals surface area contributed by atoms with Crippen molar-refractivity contribution in [3.63, 3.8) is 0 Å². The van der Waals surface area contributed by atoms with Crippen molar-refractivity contribution in [3.8, 4) is 5.75 Å². The first-order valence-corrected chi connectivity index (χ1v) is 11.4. The standard InChI is InChI=1S/C21H22N2O4S2/c1-23(13-5-9-16-7-3-2-4-8-16)21(25)18-12-11-17(15-19(18)24)22-29(26,27)20-10-6-14-28-20/h2-4,6-8,10-12,14-15,22,24H,5,9,13H2,1H3. The average molecular weight is 431 g/mol. The minimum atomic E-state index is -3.71. The predicted molar refractivity (Wildman–Crippen MR) is 115 cm³/mol. The third kappa shape index (κ3) is 5.36. The van der Waals surface area contributed by atoms with Crippen molar-refractivity contribution < 1.29 is 18.3 Å². The van der Waals surface area contributed by atoms with E-state index in [0.717, 1.165) is 24.2 Å². The summed E-state index contributed by atoms with van der Waals surface area (Å²) in [7, 11) is -2.03. The van der Waals surface area contributed by atoms with E-state index in [-0.39, 0.29) is 27.1 Å². The maximum absolute atomic E-state index is 12.6. The van der Waals surface area contributed by atoms with E-state index in [9.17, 15) is 18.3 Å². The summed E-state index contributed by atoms with van der Waals surface area (Å²) in [6, 6.07) is 17.3. The van der Waals surface area contributed by atoms with E-state index in [2.05, 4.69) is 4.72 Å². The van der Waals surface area contributed by atoms with Crippen molar-refractivity contribution in [1.82, 2.24) is 4.90 Å². The zero-order valence-corrected chi connectivity index (χ0v) is 17.5. The molecule has 0 radical (unpaired) electrons. The number of carbonyl (C=O) groups excluding carboxylic acids is 1. The number of nitrogens with zero attached hydrogens (tertiary/aromatic N) is 1. The van der Waals surface area contributed by atoms with E-state index in [4.69, 9.17) is 0 Å². The Morgan fingerprint density at radius 2 is 1.86 bits per heavy atom. The second kappa shape index (κ2) is 9.11. The van der Waals surface area contributed by atoms with E-state index in [1.807, 2.05) is 30.3 Å². The van der Waals surface area contributed by atoms with Gasteiger partial charge in [-0.2, -0.15) is 0 Å². The number of sulfonamides is 1. The number of anilines is 1. The highest BCUT2D eigenvalue weighted by Gasteiger charge is 2.19. The van der Waals surface area contributed by atoms with Crippen LogP contribution in [0.1, 0.15) is 22.3 Å². The maximum Gasteiger partial charge on any atom is 0.271 e. The van der Waals surface area contributed by atoms with Gasteiger partial charge in [-0.1, -0.05) is 36.4 Å². The number of aromatic hydroxyl groups is 1. The topological polar surface area (TPSA) is 86.7 Å². The van der Waals surface area contributed by atoms with Gasteiger partial charge >= 0.3 is 0 Å². The highest BCUT2D eigenvalue weighted by molar-refractivity contribution is 7.94. The molecule has 152 valence electrons. The van der Waals surface area contributed by atoms with Crippen molar-refractivity contribution >= 4 is 33.0 Å². The summed E-state index contributed by atoms with van der Waals surface area (Å²) in [5, 5.41) is 11.9. The second-order valence-electron chi connectivity index (χ2n) is 6.59. The molecular formula is C21H22N2O4S2. The van der Waals surface area contributed by atoms with Crippen LogP contribution in [0.2, 0.25) is 0 Å². The molecule has 29 heavy (non-hydrogen) atoms. The van der Waals surface area contributed by atoms with E-state index in [1.165, 1.54) is 29.8 Å². The summed E-state index contributed by atoms with van der Waals surface area (Å²) in [5.41, 5.74) is 1.53. The van der Waals surface area contributed by atoms with Crippen LogP contribution in [0.3, 0.4) is 0 Å². The molecule has 8 heteroatoms. The molecule has 1 heterocycles. The molecule has 0 saturated carbocycles. The van der Waals surface area contributed by atoms with Gasteiger partial charge in [0.25, 0.3) is 15.9 Å². The van der Waals surface area contributed by atoms with Crippen molar-refractivity contribution in [1.29, 1.82) is 0 Å². The number of phenolic OH excluding ortho intramolecular Hbond substituents is 1. The van der Waals surface area contributed by atoms with E-state index in [1.54, 1.807) is 23.4 Å². The number of amides is 1. The summed E-state index contributed by atoms with van der Waals surface area (Å²) in [6.07, 6.45) is 1.65. The van der Waals surface area contributed by atoms with E-state index in [0.29, 0.717) is 6.54 Å². The molecule has 1 aromatic heterocycles. The van der Waals surface area contributed by atoms with Gasteiger partial charge in [0.15, 0.2) is 0 Å². The predicted octanol–water partition coefficient (Wildman–Crippen LogP) is 3.96. The van der Waals surface area contributed by atoms with Gasteiger partial charge < -0.3 is 10.0 Å². The van der Waals surface area contributed by atoms with Gasteiger partial charge in [-0.25, -0.2) is 8.42 Å². The molecular weight excluding hydrogens is 408 g/mol. The molecule has 3 aromatic rings. The second-order valence-corrected chi connectivity index (χ2v) is 9.44. The highest BCUT2D eigenvalue weighted by Crippen LogP contribution is 2.26. The molecule has 3 rings (SSSR count). The largest absolute Gasteiger partial charge is 0.507 e. The third-order valence-corrected chi connectivity index (χ3v) is 7.17. The van der Waals surface area contributed by atoms with Crippen LogP contribution in [0.5, 0.6) is 5.75 Å². The Morgan fingerprint density at radius 1 is 1.10 bits per heavy atom. The lowest BCUT2D eigenvalue weighted by molar-refractivity contribution is 0.0790. The fourth-order valence-electron chi connectivity index (χ4n) is 2.87. The zero-order chi connectivity index (χ0) is 20.9. The van der Waals surface area contributed by atoms with Crippen LogP contribution < -0.4 is 4.72 Å². The lowest BCUT2D eigenvalue weighted by Gasteiger charge is -2.18. The molecule has 6 nitrogen and oxygen atoms in total. The first kappa shape index (κ1) is 20.9. The van der Waals surface area contributed by atoms with Gasteiger partial charge in [0.1, 0.15) is 9.96 Å².